The van der Waals surface area contributed by atoms with E-state index in [1.807, 2.05) is 0 Å². The molecule has 7 atom stereocenters. The Morgan fingerprint density at radius 3 is 1.15 bits per heavy atom. The number of rotatable bonds is 14. The molecule has 1 saturated heterocycles. The van der Waals surface area contributed by atoms with Crippen molar-refractivity contribution in [3.05, 3.63) is 0 Å². The van der Waals surface area contributed by atoms with E-state index in [0.29, 0.717) is 0 Å². The molecule has 1 aliphatic heterocycles. The van der Waals surface area contributed by atoms with Gasteiger partial charge in [0, 0.05) is 6.42 Å². The fourth-order valence-corrected chi connectivity index (χ4v) is 1.86. The summed E-state index contributed by atoms with van der Waals surface area (Å²) in [5, 5.41) is 91.4. The summed E-state index contributed by atoms with van der Waals surface area (Å²) in [6, 6.07) is -5.63. The Labute approximate surface area is 301 Å². The fraction of sp³-hybridized carbons (Fsp3) is 0.654. The van der Waals surface area contributed by atoms with Crippen LogP contribution >= 0.6 is 0 Å². The van der Waals surface area contributed by atoms with Crippen LogP contribution in [0.3, 0.4) is 0 Å². The molecule has 1 fully saturated rings. The second-order valence-electron chi connectivity index (χ2n) is 9.86. The molecule has 27 nitrogen and oxygen atoms in total. The summed E-state index contributed by atoms with van der Waals surface area (Å²) in [5.41, 5.74) is 28.9. The molecule has 0 aromatic heterocycles. The minimum atomic E-state index is -1.29. The van der Waals surface area contributed by atoms with Gasteiger partial charge >= 0.3 is 53.7 Å². The SMILES string of the molecule is CC(N)C(=O)O.CC(O)C(N)C(=O)O.NC(CC(=O)O)C(=O)O.NC(CCC(=O)O)C(=O)O.NC(CO)C(=O)O.NCC(=O)O.O=C(O)[C@@H]1CCCN1. The van der Waals surface area contributed by atoms with Crippen LogP contribution in [-0.4, -0.2) is 172 Å². The van der Waals surface area contributed by atoms with Crippen molar-refractivity contribution in [1.82, 2.24) is 5.32 Å². The van der Waals surface area contributed by atoms with E-state index < -0.39 is 103 Å². The van der Waals surface area contributed by atoms with E-state index in [0.717, 1.165) is 19.4 Å². The quantitative estimate of drug-likeness (QED) is 0.0778. The van der Waals surface area contributed by atoms with Crippen molar-refractivity contribution >= 4 is 53.7 Å². The number of nitrogens with two attached hydrogens (primary N) is 6. The highest BCUT2D eigenvalue weighted by molar-refractivity contribution is 5.80. The number of carboxylic acid groups (broad SMARTS) is 9. The first-order valence-electron chi connectivity index (χ1n) is 14.6. The van der Waals surface area contributed by atoms with Crippen LogP contribution in [0.5, 0.6) is 0 Å². The molecule has 0 bridgehead atoms. The zero-order chi connectivity index (χ0) is 43.6. The van der Waals surface area contributed by atoms with Crippen molar-refractivity contribution in [2.45, 2.75) is 88.3 Å². The van der Waals surface area contributed by atoms with Crippen molar-refractivity contribution in [1.29, 1.82) is 0 Å². The number of hydrogen-bond donors (Lipinski definition) is 18. The maximum atomic E-state index is 10.1. The van der Waals surface area contributed by atoms with Crippen molar-refractivity contribution in [3.8, 4) is 0 Å². The van der Waals surface area contributed by atoms with Crippen molar-refractivity contribution < 1.29 is 99.3 Å². The van der Waals surface area contributed by atoms with Crippen LogP contribution in [-0.2, 0) is 43.2 Å². The summed E-state index contributed by atoms with van der Waals surface area (Å²) in [7, 11) is 0. The van der Waals surface area contributed by atoms with E-state index in [1.54, 1.807) is 0 Å². The molecule has 1 heterocycles. The average molecular weight is 784 g/mol. The molecule has 0 aromatic carbocycles. The molecule has 1 aliphatic rings. The van der Waals surface area contributed by atoms with Gasteiger partial charge in [-0.3, -0.25) is 43.2 Å². The predicted octanol–water partition coefficient (Wildman–Crippen LogP) is -6.42. The molecular formula is C26H53N7O20. The van der Waals surface area contributed by atoms with Gasteiger partial charge in [-0.2, -0.15) is 0 Å². The Kier molecular flexibility index (Phi) is 41.5. The van der Waals surface area contributed by atoms with Gasteiger partial charge in [0.2, 0.25) is 0 Å². The van der Waals surface area contributed by atoms with Crippen LogP contribution in [0.25, 0.3) is 0 Å². The van der Waals surface area contributed by atoms with Crippen LogP contribution in [0.15, 0.2) is 0 Å². The van der Waals surface area contributed by atoms with E-state index in [-0.39, 0.29) is 25.4 Å². The van der Waals surface area contributed by atoms with Gasteiger partial charge in [0.1, 0.15) is 36.3 Å². The Morgan fingerprint density at radius 1 is 0.642 bits per heavy atom. The summed E-state index contributed by atoms with van der Waals surface area (Å²) >= 11 is 0. The molecular weight excluding hydrogens is 730 g/mol. The first-order valence-corrected chi connectivity index (χ1v) is 14.6. The van der Waals surface area contributed by atoms with Gasteiger partial charge in [0.15, 0.2) is 0 Å². The molecule has 1 rings (SSSR count). The maximum Gasteiger partial charge on any atom is 0.323 e. The zero-order valence-electron chi connectivity index (χ0n) is 28.8. The van der Waals surface area contributed by atoms with Gasteiger partial charge in [-0.15, -0.1) is 0 Å². The van der Waals surface area contributed by atoms with Crippen LogP contribution in [0, 0.1) is 0 Å². The number of nitrogens with one attached hydrogen (secondary N) is 1. The molecule has 0 aromatic rings. The van der Waals surface area contributed by atoms with Crippen LogP contribution in [0.2, 0.25) is 0 Å². The second kappa shape index (κ2) is 36.7. The highest BCUT2D eigenvalue weighted by Gasteiger charge is 2.20. The fourth-order valence-electron chi connectivity index (χ4n) is 1.86. The van der Waals surface area contributed by atoms with Gasteiger partial charge < -0.3 is 95.9 Å². The predicted molar refractivity (Wildman–Crippen MR) is 177 cm³/mol. The summed E-state index contributed by atoms with van der Waals surface area (Å²) < 4.78 is 0. The minimum Gasteiger partial charge on any atom is -0.481 e. The molecule has 0 aliphatic carbocycles. The first-order chi connectivity index (χ1) is 24.0. The summed E-state index contributed by atoms with van der Waals surface area (Å²) in [6.45, 7) is 2.83. The number of aliphatic hydroxyl groups is 2. The first kappa shape index (κ1) is 60.0. The van der Waals surface area contributed by atoms with Crippen LogP contribution in [0.4, 0.5) is 0 Å². The van der Waals surface area contributed by atoms with Gasteiger partial charge in [0.05, 0.1) is 25.7 Å². The minimum absolute atomic E-state index is 0.0231. The summed E-state index contributed by atoms with van der Waals surface area (Å²) in [4.78, 5) is 87.9. The van der Waals surface area contributed by atoms with Gasteiger partial charge in [0.25, 0.3) is 0 Å². The number of aliphatic hydroxyl groups excluding tert-OH is 2. The van der Waals surface area contributed by atoms with E-state index in [4.69, 9.17) is 84.8 Å². The average Bonchev–Trinajstić information content (AvgIpc) is 3.60. The third kappa shape index (κ3) is 51.3. The topological polar surface area (TPSA) is 544 Å². The highest BCUT2D eigenvalue weighted by atomic mass is 16.4. The van der Waals surface area contributed by atoms with Crippen LogP contribution < -0.4 is 39.7 Å². The lowest BCUT2D eigenvalue weighted by Gasteiger charge is -2.06. The molecule has 0 spiro atoms. The molecule has 53 heavy (non-hydrogen) atoms. The standard InChI is InChI=1S/C5H9NO4.C5H9NO2.C4H7NO4.C4H9NO3.C3H7NO3.C3H7NO2.C2H5NO2/c6-3(5(9)10)1-2-4(7)8;7-5(8)4-2-1-3-6-4;5-2(4(8)9)1-3(6)7;1-2(6)3(5)4(7)8;4-2(1-5)3(6)7;1-2(4)3(5)6;3-1-2(4)5/h3H,1-2,6H2,(H,7,8)(H,9,10);4,6H,1-3H2,(H,7,8);2H,1,5H2,(H,6,7)(H,8,9);2-3,6H,5H2,1H3,(H,7,8);2,5H,1,4H2,(H,6,7);2H,4H2,1H3,(H,5,6);1,3H2,(H,4,5)/t;4-;;;;;/m.0...../s1. The Bertz CT molecular complexity index is 1090. The lowest BCUT2D eigenvalue weighted by molar-refractivity contribution is -0.144. The smallest absolute Gasteiger partial charge is 0.323 e. The monoisotopic (exact) mass is 783 g/mol. The number of carboxylic acids is 9. The molecule has 0 amide bonds. The second-order valence-corrected chi connectivity index (χ2v) is 9.86. The van der Waals surface area contributed by atoms with Crippen molar-refractivity contribution in [2.24, 2.45) is 34.4 Å². The molecule has 27 heteroatoms. The zero-order valence-corrected chi connectivity index (χ0v) is 28.8. The third-order valence-corrected chi connectivity index (χ3v) is 4.94. The Balaban J connectivity index is -0.000000123. The summed E-state index contributed by atoms with van der Waals surface area (Å²) in [6.07, 6.45) is 0.0484. The number of carbonyl (C=O) groups is 9. The van der Waals surface area contributed by atoms with Gasteiger partial charge in [-0.25, -0.2) is 0 Å². The van der Waals surface area contributed by atoms with E-state index >= 15 is 0 Å². The third-order valence-electron chi connectivity index (χ3n) is 4.94. The Hall–Kier alpha value is -5.13. The van der Waals surface area contributed by atoms with Gasteiger partial charge in [-0.1, -0.05) is 0 Å². The van der Waals surface area contributed by atoms with Crippen LogP contribution in [0.1, 0.15) is 46.0 Å². The normalized spacial score (nSPS) is 15.4. The lowest BCUT2D eigenvalue weighted by Crippen LogP contribution is -2.39. The van der Waals surface area contributed by atoms with E-state index in [1.165, 1.54) is 13.8 Å². The van der Waals surface area contributed by atoms with E-state index in [2.05, 4.69) is 11.1 Å². The Morgan fingerprint density at radius 2 is 1.04 bits per heavy atom. The molecule has 0 saturated carbocycles. The largest absolute Gasteiger partial charge is 0.481 e. The summed E-state index contributed by atoms with van der Waals surface area (Å²) in [5.74, 6) is -9.70. The molecule has 0 radical (unpaired) electrons. The van der Waals surface area contributed by atoms with Crippen molar-refractivity contribution in [2.75, 3.05) is 19.7 Å². The number of aliphatic carboxylic acids is 9. The lowest BCUT2D eigenvalue weighted by atomic mass is 10.2. The van der Waals surface area contributed by atoms with Crippen molar-refractivity contribution in [3.63, 3.8) is 0 Å². The maximum absolute atomic E-state index is 10.1. The van der Waals surface area contributed by atoms with Gasteiger partial charge in [-0.05, 0) is 39.7 Å². The molecule has 312 valence electrons. The molecule has 24 N–H and O–H groups in total. The molecule has 6 unspecified atom stereocenters. The number of hydrogen-bond acceptors (Lipinski definition) is 18. The van der Waals surface area contributed by atoms with E-state index in [9.17, 15) is 43.2 Å². The highest BCUT2D eigenvalue weighted by Crippen LogP contribution is 2.03.